The molecule has 0 aliphatic heterocycles. The molecule has 1 saturated carbocycles. The molecule has 31 heavy (non-hydrogen) atoms. The number of alkyl halides is 3. The molecule has 0 spiro atoms. The first kappa shape index (κ1) is 25.4. The highest BCUT2D eigenvalue weighted by Gasteiger charge is 2.33. The number of nitrogens with one attached hydrogen (secondary N) is 3. The second-order valence-corrected chi connectivity index (χ2v) is 8.02. The number of aliphatic imine (C=N–C) groups is 1. The van der Waals surface area contributed by atoms with Crippen LogP contribution in [0.4, 0.5) is 18.9 Å². The number of hydrogen-bond acceptors (Lipinski definition) is 4. The first-order valence-electron chi connectivity index (χ1n) is 9.71. The molecule has 0 unspecified atom stereocenters. The van der Waals surface area contributed by atoms with Crippen molar-refractivity contribution in [3.05, 3.63) is 45.9 Å². The van der Waals surface area contributed by atoms with Crippen molar-refractivity contribution in [2.75, 3.05) is 12.4 Å². The molecule has 170 valence electrons. The Labute approximate surface area is 200 Å². The van der Waals surface area contributed by atoms with Gasteiger partial charge in [0.2, 0.25) is 5.91 Å². The van der Waals surface area contributed by atoms with E-state index in [0.717, 1.165) is 53.7 Å². The molecular formula is C20H25F3IN5OS. The lowest BCUT2D eigenvalue weighted by molar-refractivity contribution is -0.140. The minimum atomic E-state index is -4.44. The Morgan fingerprint density at radius 2 is 1.94 bits per heavy atom. The molecule has 1 aromatic carbocycles. The molecule has 1 fully saturated rings. The number of aromatic nitrogens is 1. The number of rotatable bonds is 6. The zero-order valence-electron chi connectivity index (χ0n) is 17.0. The Hall–Kier alpha value is -1.89. The first-order valence-corrected chi connectivity index (χ1v) is 10.6. The summed E-state index contributed by atoms with van der Waals surface area (Å²) in [6, 6.07) is 7.53. The van der Waals surface area contributed by atoms with E-state index in [2.05, 4.69) is 25.9 Å². The van der Waals surface area contributed by atoms with Crippen LogP contribution in [0.15, 0.2) is 34.6 Å². The van der Waals surface area contributed by atoms with E-state index in [1.165, 1.54) is 0 Å². The molecule has 1 heterocycles. The number of carbonyl (C=O) groups is 1. The van der Waals surface area contributed by atoms with Gasteiger partial charge in [0.15, 0.2) is 11.7 Å². The molecule has 1 amide bonds. The van der Waals surface area contributed by atoms with E-state index in [1.807, 2.05) is 24.3 Å². The fourth-order valence-electron chi connectivity index (χ4n) is 3.28. The van der Waals surface area contributed by atoms with Crippen molar-refractivity contribution in [3.8, 4) is 0 Å². The average molecular weight is 567 g/mol. The summed E-state index contributed by atoms with van der Waals surface area (Å²) in [5.41, 5.74) is 0.802. The van der Waals surface area contributed by atoms with Crippen molar-refractivity contribution in [1.29, 1.82) is 0 Å². The summed E-state index contributed by atoms with van der Waals surface area (Å²) in [5.74, 6) is 0.606. The zero-order chi connectivity index (χ0) is 21.6. The average Bonchev–Trinajstić information content (AvgIpc) is 3.40. The molecule has 2 aromatic rings. The predicted octanol–water partition coefficient (Wildman–Crippen LogP) is 4.77. The summed E-state index contributed by atoms with van der Waals surface area (Å²) in [6.45, 7) is 0.580. The van der Waals surface area contributed by atoms with Gasteiger partial charge in [0.25, 0.3) is 0 Å². The van der Waals surface area contributed by atoms with Crippen molar-refractivity contribution in [1.82, 2.24) is 15.6 Å². The lowest BCUT2D eigenvalue weighted by atomic mass is 10.1. The Morgan fingerprint density at radius 3 is 2.58 bits per heavy atom. The van der Waals surface area contributed by atoms with Crippen molar-refractivity contribution < 1.29 is 18.0 Å². The van der Waals surface area contributed by atoms with E-state index < -0.39 is 11.9 Å². The standard InChI is InChI=1S/C20H24F3N5OS.HI/c1-24-19(26-11-17-28-16(12-30-17)20(21,22)23)25-10-13-5-4-8-15(9-13)27-18(29)14-6-2-3-7-14;/h4-5,8-9,12,14H,2-3,6-7,10-11H2,1H3,(H,27,29)(H2,24,25,26);1H. The minimum Gasteiger partial charge on any atom is -0.352 e. The third kappa shape index (κ3) is 7.63. The second-order valence-electron chi connectivity index (χ2n) is 7.07. The molecule has 0 saturated heterocycles. The Kier molecular flexibility index (Phi) is 9.54. The van der Waals surface area contributed by atoms with E-state index in [0.29, 0.717) is 17.5 Å². The number of thiazole rings is 1. The number of nitrogens with zero attached hydrogens (tertiary/aromatic N) is 2. The van der Waals surface area contributed by atoms with E-state index in [1.54, 1.807) is 7.05 Å². The lowest BCUT2D eigenvalue weighted by Crippen LogP contribution is -2.36. The number of hydrogen-bond donors (Lipinski definition) is 3. The third-order valence-corrected chi connectivity index (χ3v) is 5.70. The quantitative estimate of drug-likeness (QED) is 0.267. The molecule has 0 radical (unpaired) electrons. The van der Waals surface area contributed by atoms with Crippen LogP contribution < -0.4 is 16.0 Å². The molecule has 0 bridgehead atoms. The molecule has 0 atom stereocenters. The number of amides is 1. The predicted molar refractivity (Wildman–Crippen MR) is 127 cm³/mol. The molecule has 1 aliphatic rings. The topological polar surface area (TPSA) is 78.4 Å². The lowest BCUT2D eigenvalue weighted by Gasteiger charge is -2.13. The molecule has 3 N–H and O–H groups in total. The summed E-state index contributed by atoms with van der Waals surface area (Å²) >= 11 is 0.945. The highest BCUT2D eigenvalue weighted by Crippen LogP contribution is 2.30. The van der Waals surface area contributed by atoms with E-state index in [9.17, 15) is 18.0 Å². The van der Waals surface area contributed by atoms with Gasteiger partial charge in [0, 0.05) is 30.6 Å². The number of guanidine groups is 1. The Morgan fingerprint density at radius 1 is 1.23 bits per heavy atom. The summed E-state index contributed by atoms with van der Waals surface area (Å²) in [6.07, 6.45) is -0.344. The fraction of sp³-hybridized carbons (Fsp3) is 0.450. The van der Waals surface area contributed by atoms with E-state index in [4.69, 9.17) is 0 Å². The van der Waals surface area contributed by atoms with Crippen LogP contribution in [0.5, 0.6) is 0 Å². The van der Waals surface area contributed by atoms with Crippen LogP contribution >= 0.6 is 35.3 Å². The maximum absolute atomic E-state index is 12.6. The van der Waals surface area contributed by atoms with Gasteiger partial charge in [0.1, 0.15) is 5.01 Å². The van der Waals surface area contributed by atoms with Crippen LogP contribution in [0, 0.1) is 5.92 Å². The van der Waals surface area contributed by atoms with Gasteiger partial charge in [-0.25, -0.2) is 4.98 Å². The van der Waals surface area contributed by atoms with Gasteiger partial charge in [-0.15, -0.1) is 35.3 Å². The van der Waals surface area contributed by atoms with E-state index >= 15 is 0 Å². The fourth-order valence-corrected chi connectivity index (χ4v) is 4.02. The van der Waals surface area contributed by atoms with Crippen LogP contribution in [-0.4, -0.2) is 23.9 Å². The van der Waals surface area contributed by atoms with Crippen LogP contribution in [0.3, 0.4) is 0 Å². The van der Waals surface area contributed by atoms with Crippen LogP contribution in [0.25, 0.3) is 0 Å². The number of halogens is 4. The smallest absolute Gasteiger partial charge is 0.352 e. The van der Waals surface area contributed by atoms with Gasteiger partial charge >= 0.3 is 6.18 Å². The van der Waals surface area contributed by atoms with Gasteiger partial charge in [0.05, 0.1) is 6.54 Å². The molecule has 3 rings (SSSR count). The van der Waals surface area contributed by atoms with Crippen molar-refractivity contribution in [2.24, 2.45) is 10.9 Å². The monoisotopic (exact) mass is 567 g/mol. The Balaban J connectivity index is 0.00000341. The summed E-state index contributed by atoms with van der Waals surface area (Å²) < 4.78 is 37.9. The van der Waals surface area contributed by atoms with Gasteiger partial charge in [-0.1, -0.05) is 25.0 Å². The SMILES string of the molecule is CN=C(NCc1cccc(NC(=O)C2CCCC2)c1)NCc1nc(C(F)(F)F)cs1.I. The molecule has 1 aliphatic carbocycles. The van der Waals surface area contributed by atoms with E-state index in [-0.39, 0.29) is 42.3 Å². The normalized spacial score (nSPS) is 14.8. The Bertz CT molecular complexity index is 897. The highest BCUT2D eigenvalue weighted by atomic mass is 127. The van der Waals surface area contributed by atoms with Crippen LogP contribution in [0.2, 0.25) is 0 Å². The summed E-state index contributed by atoms with van der Waals surface area (Å²) in [7, 11) is 1.58. The molecular weight excluding hydrogens is 542 g/mol. The third-order valence-electron chi connectivity index (χ3n) is 4.85. The summed E-state index contributed by atoms with van der Waals surface area (Å²) in [5, 5.41) is 10.4. The maximum atomic E-state index is 12.6. The van der Waals surface area contributed by atoms with Crippen LogP contribution in [0.1, 0.15) is 41.9 Å². The number of benzene rings is 1. The minimum absolute atomic E-state index is 0. The van der Waals surface area contributed by atoms with Gasteiger partial charge < -0.3 is 16.0 Å². The maximum Gasteiger partial charge on any atom is 0.434 e. The van der Waals surface area contributed by atoms with Crippen molar-refractivity contribution in [2.45, 2.75) is 44.9 Å². The highest BCUT2D eigenvalue weighted by molar-refractivity contribution is 14.0. The van der Waals surface area contributed by atoms with Gasteiger partial charge in [-0.3, -0.25) is 9.79 Å². The second kappa shape index (κ2) is 11.7. The largest absolute Gasteiger partial charge is 0.434 e. The number of carbonyl (C=O) groups excluding carboxylic acids is 1. The molecule has 1 aromatic heterocycles. The van der Waals surface area contributed by atoms with Crippen LogP contribution in [-0.2, 0) is 24.1 Å². The first-order chi connectivity index (χ1) is 14.3. The molecule has 11 heteroatoms. The zero-order valence-corrected chi connectivity index (χ0v) is 20.1. The number of anilines is 1. The van der Waals surface area contributed by atoms with Gasteiger partial charge in [-0.05, 0) is 30.5 Å². The molecule has 6 nitrogen and oxygen atoms in total. The van der Waals surface area contributed by atoms with Crippen molar-refractivity contribution >= 4 is 52.9 Å². The van der Waals surface area contributed by atoms with Crippen molar-refractivity contribution in [3.63, 3.8) is 0 Å². The summed E-state index contributed by atoms with van der Waals surface area (Å²) in [4.78, 5) is 20.0. The van der Waals surface area contributed by atoms with Gasteiger partial charge in [-0.2, -0.15) is 13.2 Å².